The van der Waals surface area contributed by atoms with Crippen molar-refractivity contribution in [3.63, 3.8) is 0 Å². The summed E-state index contributed by atoms with van der Waals surface area (Å²) in [5.41, 5.74) is 8.83. The molecule has 0 aliphatic carbocycles. The highest BCUT2D eigenvalue weighted by molar-refractivity contribution is 5.83. The van der Waals surface area contributed by atoms with Crippen molar-refractivity contribution >= 4 is 17.1 Å². The molecule has 6 nitrogen and oxygen atoms in total. The number of hydrogen-bond donors (Lipinski definition) is 2. The number of nitrogens with two attached hydrogens (primary N) is 1. The first-order chi connectivity index (χ1) is 14.4. The fourth-order valence-electron chi connectivity index (χ4n) is 3.94. The highest BCUT2D eigenvalue weighted by Gasteiger charge is 2.30. The number of benzene rings is 2. The maximum Gasteiger partial charge on any atom is 0.408 e. The quantitative estimate of drug-likeness (QED) is 0.619. The lowest BCUT2D eigenvalue weighted by Gasteiger charge is -2.21. The molecule has 31 heavy (non-hydrogen) atoms. The summed E-state index contributed by atoms with van der Waals surface area (Å²) in [6.45, 7) is 10.0. The average Bonchev–Trinajstić information content (AvgIpc) is 3.18. The number of aromatic nitrogens is 2. The van der Waals surface area contributed by atoms with Gasteiger partial charge in [-0.3, -0.25) is 0 Å². The van der Waals surface area contributed by atoms with Crippen molar-refractivity contribution in [2.45, 2.75) is 64.8 Å². The average molecular weight is 425 g/mol. The molecule has 1 aliphatic rings. The number of aryl methyl sites for hydroxylation is 1. The number of halogens is 1. The molecule has 164 valence electrons. The van der Waals surface area contributed by atoms with E-state index in [-0.39, 0.29) is 11.9 Å². The van der Waals surface area contributed by atoms with Gasteiger partial charge in [-0.1, -0.05) is 24.3 Å². The Balaban J connectivity index is 1.66. The number of imidazole rings is 1. The SMILES string of the molecule is CC(C)(C)OC(=O)N[C@@H]1CCn2c1nc1cc(F)c(-c3ccc(C(C)(C)N)cc3)cc12. The number of hydrogen-bond acceptors (Lipinski definition) is 4. The van der Waals surface area contributed by atoms with E-state index in [0.717, 1.165) is 22.5 Å². The number of nitrogens with one attached hydrogen (secondary N) is 1. The van der Waals surface area contributed by atoms with Gasteiger partial charge >= 0.3 is 6.09 Å². The van der Waals surface area contributed by atoms with Crippen LogP contribution in [0.3, 0.4) is 0 Å². The Bertz CT molecular complexity index is 1140. The molecule has 2 heterocycles. The van der Waals surface area contributed by atoms with Crippen LogP contribution in [0.4, 0.5) is 9.18 Å². The summed E-state index contributed by atoms with van der Waals surface area (Å²) in [4.78, 5) is 16.8. The molecule has 0 unspecified atom stereocenters. The number of carbonyl (C=O) groups is 1. The summed E-state index contributed by atoms with van der Waals surface area (Å²) in [5.74, 6) is 0.387. The minimum absolute atomic E-state index is 0.264. The fourth-order valence-corrected chi connectivity index (χ4v) is 3.94. The van der Waals surface area contributed by atoms with Crippen LogP contribution in [0.15, 0.2) is 36.4 Å². The standard InChI is InChI=1S/C24H29FN4O2/c1-23(2,3)31-22(30)28-18-10-11-29-20-12-16(17(25)13-19(20)27-21(18)29)14-6-8-15(9-7-14)24(4,5)26/h6-9,12-13,18H,10-11,26H2,1-5H3,(H,28,30)/t18-/m1/s1. The number of alkyl carbamates (subject to hydrolysis) is 1. The molecule has 0 bridgehead atoms. The second-order valence-electron chi connectivity index (χ2n) is 9.73. The highest BCUT2D eigenvalue weighted by atomic mass is 19.1. The second-order valence-corrected chi connectivity index (χ2v) is 9.73. The van der Waals surface area contributed by atoms with Gasteiger partial charge in [0.25, 0.3) is 0 Å². The lowest BCUT2D eigenvalue weighted by atomic mass is 9.93. The Hall–Kier alpha value is -2.93. The molecule has 0 radical (unpaired) electrons. The van der Waals surface area contributed by atoms with Gasteiger partial charge in [0.15, 0.2) is 0 Å². The zero-order valence-electron chi connectivity index (χ0n) is 18.6. The molecule has 1 atom stereocenters. The van der Waals surface area contributed by atoms with E-state index in [1.54, 1.807) is 0 Å². The van der Waals surface area contributed by atoms with E-state index >= 15 is 0 Å². The second kappa shape index (κ2) is 7.34. The number of fused-ring (bicyclic) bond motifs is 3. The minimum atomic E-state index is -0.574. The molecule has 3 aromatic rings. The van der Waals surface area contributed by atoms with Crippen molar-refractivity contribution in [1.82, 2.24) is 14.9 Å². The largest absolute Gasteiger partial charge is 0.444 e. The normalized spacial score (nSPS) is 16.4. The number of nitrogens with zero attached hydrogens (tertiary/aromatic N) is 2. The minimum Gasteiger partial charge on any atom is -0.444 e. The van der Waals surface area contributed by atoms with Gasteiger partial charge in [0, 0.05) is 23.7 Å². The van der Waals surface area contributed by atoms with E-state index in [2.05, 4.69) is 10.3 Å². The van der Waals surface area contributed by atoms with Crippen LogP contribution in [-0.2, 0) is 16.8 Å². The van der Waals surface area contributed by atoms with Crippen molar-refractivity contribution in [1.29, 1.82) is 0 Å². The maximum atomic E-state index is 14.9. The van der Waals surface area contributed by atoms with Crippen molar-refractivity contribution in [3.05, 3.63) is 53.6 Å². The van der Waals surface area contributed by atoms with Crippen LogP contribution in [0, 0.1) is 5.82 Å². The summed E-state index contributed by atoms with van der Waals surface area (Å²) in [6.07, 6.45) is 0.234. The summed E-state index contributed by atoms with van der Waals surface area (Å²) in [5, 5.41) is 2.88. The van der Waals surface area contributed by atoms with E-state index in [0.29, 0.717) is 24.0 Å². The molecule has 1 aromatic heterocycles. The summed E-state index contributed by atoms with van der Waals surface area (Å²) in [7, 11) is 0. The van der Waals surface area contributed by atoms with Gasteiger partial charge < -0.3 is 20.4 Å². The van der Waals surface area contributed by atoms with Gasteiger partial charge in [-0.05, 0) is 58.2 Å². The Kier molecular flexibility index (Phi) is 5.04. The molecule has 0 saturated carbocycles. The Morgan fingerprint density at radius 1 is 1.19 bits per heavy atom. The highest BCUT2D eigenvalue weighted by Crippen LogP contribution is 2.34. The predicted molar refractivity (Wildman–Crippen MR) is 119 cm³/mol. The van der Waals surface area contributed by atoms with Gasteiger partial charge in [0.2, 0.25) is 0 Å². The monoisotopic (exact) mass is 424 g/mol. The molecule has 2 aromatic carbocycles. The zero-order chi connectivity index (χ0) is 22.6. The zero-order valence-corrected chi connectivity index (χ0v) is 18.6. The molecule has 0 saturated heterocycles. The van der Waals surface area contributed by atoms with Crippen molar-refractivity contribution in [2.24, 2.45) is 5.73 Å². The van der Waals surface area contributed by atoms with Crippen molar-refractivity contribution < 1.29 is 13.9 Å². The van der Waals surface area contributed by atoms with Crippen molar-refractivity contribution in [3.8, 4) is 11.1 Å². The van der Waals surface area contributed by atoms with Gasteiger partial charge in [0.1, 0.15) is 17.2 Å². The molecule has 1 amide bonds. The van der Waals surface area contributed by atoms with E-state index in [4.69, 9.17) is 10.5 Å². The molecular formula is C24H29FN4O2. The lowest BCUT2D eigenvalue weighted by molar-refractivity contribution is 0.0502. The first-order valence-corrected chi connectivity index (χ1v) is 10.5. The first-order valence-electron chi connectivity index (χ1n) is 10.5. The first kappa shape index (κ1) is 21.3. The predicted octanol–water partition coefficient (Wildman–Crippen LogP) is 5.01. The van der Waals surface area contributed by atoms with Crippen LogP contribution >= 0.6 is 0 Å². The summed E-state index contributed by atoms with van der Waals surface area (Å²) < 4.78 is 22.3. The van der Waals surface area contributed by atoms with E-state index < -0.39 is 17.2 Å². The number of amides is 1. The number of carbonyl (C=O) groups excluding carboxylic acids is 1. The van der Waals surface area contributed by atoms with Gasteiger partial charge in [-0.15, -0.1) is 0 Å². The van der Waals surface area contributed by atoms with Gasteiger partial charge in [-0.25, -0.2) is 14.2 Å². The molecule has 4 rings (SSSR count). The molecule has 3 N–H and O–H groups in total. The Labute approximate surface area is 181 Å². The molecule has 1 aliphatic heterocycles. The Morgan fingerprint density at radius 3 is 2.48 bits per heavy atom. The van der Waals surface area contributed by atoms with Crippen LogP contribution in [0.1, 0.15) is 58.5 Å². The molecular weight excluding hydrogens is 395 g/mol. The lowest BCUT2D eigenvalue weighted by Crippen LogP contribution is -2.34. The third-order valence-electron chi connectivity index (χ3n) is 5.45. The third kappa shape index (κ3) is 4.28. The van der Waals surface area contributed by atoms with Crippen LogP contribution in [0.2, 0.25) is 0 Å². The molecule has 0 fully saturated rings. The Morgan fingerprint density at radius 2 is 1.87 bits per heavy atom. The van der Waals surface area contributed by atoms with E-state index in [1.807, 2.05) is 69.5 Å². The third-order valence-corrected chi connectivity index (χ3v) is 5.45. The van der Waals surface area contributed by atoms with Crippen LogP contribution in [0.5, 0.6) is 0 Å². The summed E-state index contributed by atoms with van der Waals surface area (Å²) in [6, 6.07) is 10.7. The van der Waals surface area contributed by atoms with Crippen LogP contribution in [-0.4, -0.2) is 21.2 Å². The van der Waals surface area contributed by atoms with Crippen molar-refractivity contribution in [2.75, 3.05) is 0 Å². The summed E-state index contributed by atoms with van der Waals surface area (Å²) >= 11 is 0. The topological polar surface area (TPSA) is 82.2 Å². The van der Waals surface area contributed by atoms with Crippen LogP contribution < -0.4 is 11.1 Å². The van der Waals surface area contributed by atoms with E-state index in [1.165, 1.54) is 6.07 Å². The smallest absolute Gasteiger partial charge is 0.408 e. The van der Waals surface area contributed by atoms with E-state index in [9.17, 15) is 9.18 Å². The fraction of sp³-hybridized carbons (Fsp3) is 0.417. The number of ether oxygens (including phenoxy) is 1. The molecule has 7 heteroatoms. The van der Waals surface area contributed by atoms with Gasteiger partial charge in [0.05, 0.1) is 17.1 Å². The maximum absolute atomic E-state index is 14.9. The van der Waals surface area contributed by atoms with Crippen LogP contribution in [0.25, 0.3) is 22.2 Å². The van der Waals surface area contributed by atoms with Gasteiger partial charge in [-0.2, -0.15) is 0 Å². The molecule has 0 spiro atoms. The number of rotatable bonds is 3.